The van der Waals surface area contributed by atoms with E-state index in [4.69, 9.17) is 37.0 Å². The number of aliphatic hydroxyl groups excluding tert-OH is 1. The summed E-state index contributed by atoms with van der Waals surface area (Å²) in [6.45, 7) is 7.39. The summed E-state index contributed by atoms with van der Waals surface area (Å²) in [6, 6.07) is 0. The van der Waals surface area contributed by atoms with Gasteiger partial charge < -0.3 is 33.8 Å². The smallest absolute Gasteiger partial charge is 0.462 e. The second-order valence-electron chi connectivity index (χ2n) is 31.8. The Morgan fingerprint density at radius 3 is 0.642 bits per heavy atom. The predicted molar refractivity (Wildman–Crippen MR) is 437 cm³/mol. The molecule has 0 aromatic carbocycles. The van der Waals surface area contributed by atoms with E-state index in [1.54, 1.807) is 0 Å². The predicted octanol–water partition coefficient (Wildman–Crippen LogP) is 26.8. The Morgan fingerprint density at radius 1 is 0.255 bits per heavy atom. The molecule has 0 aromatic heterocycles. The molecule has 0 aromatic rings. The van der Waals surface area contributed by atoms with Gasteiger partial charge in [0.1, 0.15) is 19.3 Å². The Bertz CT molecular complexity index is 2010. The van der Waals surface area contributed by atoms with Gasteiger partial charge in [0.25, 0.3) is 0 Å². The fraction of sp³-hybridized carbons (Fsp3) is 0.954. The number of carbonyl (C=O) groups is 4. The van der Waals surface area contributed by atoms with Crippen molar-refractivity contribution in [2.75, 3.05) is 39.6 Å². The third-order valence-electron chi connectivity index (χ3n) is 20.5. The van der Waals surface area contributed by atoms with Crippen LogP contribution in [0.2, 0.25) is 0 Å². The molecule has 5 atom stereocenters. The first kappa shape index (κ1) is 104. The zero-order chi connectivity index (χ0) is 77.6. The van der Waals surface area contributed by atoms with Crippen LogP contribution in [0.25, 0.3) is 0 Å². The minimum Gasteiger partial charge on any atom is -0.462 e. The second kappa shape index (κ2) is 79.7. The number of phosphoric acid groups is 2. The molecule has 0 spiro atoms. The second-order valence-corrected chi connectivity index (χ2v) is 34.7. The van der Waals surface area contributed by atoms with Crippen molar-refractivity contribution in [3.8, 4) is 0 Å². The molecule has 0 rings (SSSR count). The molecule has 0 saturated carbocycles. The van der Waals surface area contributed by atoms with Gasteiger partial charge in [-0.05, 0) is 31.6 Å². The summed E-state index contributed by atoms with van der Waals surface area (Å²) >= 11 is 0. The minimum absolute atomic E-state index is 0.108. The Labute approximate surface area is 651 Å². The van der Waals surface area contributed by atoms with E-state index in [2.05, 4.69) is 34.6 Å². The lowest BCUT2D eigenvalue weighted by Gasteiger charge is -2.21. The van der Waals surface area contributed by atoms with Crippen molar-refractivity contribution in [3.63, 3.8) is 0 Å². The fourth-order valence-corrected chi connectivity index (χ4v) is 15.2. The van der Waals surface area contributed by atoms with Gasteiger partial charge >= 0.3 is 39.5 Å². The van der Waals surface area contributed by atoms with Crippen LogP contribution >= 0.6 is 15.6 Å². The lowest BCUT2D eigenvalue weighted by atomic mass is 10.0. The zero-order valence-corrected chi connectivity index (χ0v) is 71.4. The monoisotopic (exact) mass is 1550 g/mol. The van der Waals surface area contributed by atoms with Crippen molar-refractivity contribution in [3.05, 3.63) is 0 Å². The Balaban J connectivity index is 5.26. The van der Waals surface area contributed by atoms with E-state index < -0.39 is 97.5 Å². The van der Waals surface area contributed by atoms with Gasteiger partial charge in [0.2, 0.25) is 0 Å². The summed E-state index contributed by atoms with van der Waals surface area (Å²) in [5.74, 6) is -1.32. The Hall–Kier alpha value is -1.94. The molecule has 0 aliphatic rings. The molecule has 0 amide bonds. The van der Waals surface area contributed by atoms with Crippen LogP contribution in [0.15, 0.2) is 0 Å². The van der Waals surface area contributed by atoms with Crippen LogP contribution in [0.1, 0.15) is 471 Å². The number of esters is 4. The minimum atomic E-state index is -4.97. The average molecular weight is 1550 g/mol. The molecule has 3 N–H and O–H groups in total. The van der Waals surface area contributed by atoms with Gasteiger partial charge in [-0.15, -0.1) is 0 Å². The summed E-state index contributed by atoms with van der Waals surface area (Å²) in [5, 5.41) is 10.7. The number of carbonyl (C=O) groups excluding carboxylic acids is 4. The molecule has 2 unspecified atom stereocenters. The molecular formula is C87H170O17P2. The molecule has 0 fully saturated rings. The highest BCUT2D eigenvalue weighted by molar-refractivity contribution is 7.47. The maximum Gasteiger partial charge on any atom is 0.472 e. The van der Waals surface area contributed by atoms with Crippen LogP contribution in [0.4, 0.5) is 0 Å². The largest absolute Gasteiger partial charge is 0.472 e. The van der Waals surface area contributed by atoms with Crippen molar-refractivity contribution in [2.24, 2.45) is 5.92 Å². The Morgan fingerprint density at radius 2 is 0.434 bits per heavy atom. The van der Waals surface area contributed by atoms with Gasteiger partial charge in [-0.2, -0.15) is 0 Å². The van der Waals surface area contributed by atoms with Crippen LogP contribution in [0, 0.1) is 5.92 Å². The molecule has 19 heteroatoms. The maximum absolute atomic E-state index is 13.2. The van der Waals surface area contributed by atoms with Crippen LogP contribution < -0.4 is 0 Å². The van der Waals surface area contributed by atoms with Crippen LogP contribution in [-0.4, -0.2) is 96.7 Å². The SMILES string of the molecule is CCCCCCCCCCCCCCCCCCCCCCC(=O)O[C@H](COC(=O)CCCCCCCCCCCCCCCCCCCC)COP(=O)(O)OC[C@@H](O)COP(=O)(O)OC[C@@H](COC(=O)CCCCCCCCCCCCCCC)OC(=O)CCCCCCCCCCCCCCC(C)C. The molecule has 630 valence electrons. The van der Waals surface area contributed by atoms with Gasteiger partial charge in [-0.3, -0.25) is 37.3 Å². The van der Waals surface area contributed by atoms with Crippen LogP contribution in [0.5, 0.6) is 0 Å². The maximum atomic E-state index is 13.2. The highest BCUT2D eigenvalue weighted by atomic mass is 31.2. The standard InChI is InChI=1S/C87H170O17P2/c1-6-9-12-15-18-21-24-27-29-31-33-34-36-38-41-47-52-57-62-67-72-86(91)103-82(77-98-85(90)71-66-61-56-51-46-40-37-35-32-30-28-25-22-19-16-13-10-7-2)78-101-105(93,94)99-74-81(88)75-100-106(95,96)102-79-83(76-97-84(89)70-65-60-55-50-45-39-26-23-20-17-14-11-8-3)104-87(92)73-68-63-58-53-48-43-42-44-49-54-59-64-69-80(4)5/h80-83,88H,6-79H2,1-5H3,(H,93,94)(H,95,96)/t81-,82-,83-/m1/s1. The first-order chi connectivity index (χ1) is 51.5. The number of ether oxygens (including phenoxy) is 4. The summed E-state index contributed by atoms with van der Waals surface area (Å²) in [6.07, 6.45) is 73.5. The van der Waals surface area contributed by atoms with Gasteiger partial charge in [0, 0.05) is 25.7 Å². The highest BCUT2D eigenvalue weighted by Gasteiger charge is 2.30. The number of phosphoric ester groups is 2. The molecule has 106 heavy (non-hydrogen) atoms. The summed E-state index contributed by atoms with van der Waals surface area (Å²) in [4.78, 5) is 73.3. The van der Waals surface area contributed by atoms with Gasteiger partial charge in [-0.25, -0.2) is 9.13 Å². The van der Waals surface area contributed by atoms with Crippen LogP contribution in [-0.2, 0) is 65.4 Å². The quantitative estimate of drug-likeness (QED) is 0.0222. The number of unbranched alkanes of at least 4 members (excludes halogenated alkanes) is 59. The van der Waals surface area contributed by atoms with E-state index in [1.807, 2.05) is 0 Å². The molecular weight excluding hydrogens is 1380 g/mol. The van der Waals surface area contributed by atoms with Crippen LogP contribution in [0.3, 0.4) is 0 Å². The third kappa shape index (κ3) is 80.1. The van der Waals surface area contributed by atoms with Gasteiger partial charge in [0.15, 0.2) is 12.2 Å². The van der Waals surface area contributed by atoms with E-state index in [-0.39, 0.29) is 25.7 Å². The number of rotatable bonds is 87. The number of hydrogen-bond acceptors (Lipinski definition) is 15. The summed E-state index contributed by atoms with van der Waals surface area (Å²) in [7, 11) is -9.93. The van der Waals surface area contributed by atoms with E-state index in [0.29, 0.717) is 25.7 Å². The fourth-order valence-electron chi connectivity index (χ4n) is 13.6. The number of hydrogen-bond donors (Lipinski definition) is 3. The van der Waals surface area contributed by atoms with E-state index >= 15 is 0 Å². The van der Waals surface area contributed by atoms with Crippen molar-refractivity contribution < 1.29 is 80.2 Å². The van der Waals surface area contributed by atoms with E-state index in [1.165, 1.54) is 295 Å². The normalized spacial score (nSPS) is 13.7. The summed E-state index contributed by atoms with van der Waals surface area (Å²) in [5.41, 5.74) is 0. The molecule has 0 heterocycles. The molecule has 0 radical (unpaired) electrons. The van der Waals surface area contributed by atoms with Crippen molar-refractivity contribution >= 4 is 39.5 Å². The molecule has 0 saturated heterocycles. The number of aliphatic hydroxyl groups is 1. The Kier molecular flexibility index (Phi) is 78.2. The molecule has 17 nitrogen and oxygen atoms in total. The van der Waals surface area contributed by atoms with Crippen molar-refractivity contribution in [2.45, 2.75) is 490 Å². The lowest BCUT2D eigenvalue weighted by Crippen LogP contribution is -2.30. The highest BCUT2D eigenvalue weighted by Crippen LogP contribution is 2.45. The summed E-state index contributed by atoms with van der Waals surface area (Å²) < 4.78 is 69.0. The molecule has 0 aliphatic heterocycles. The van der Waals surface area contributed by atoms with Gasteiger partial charge in [0.05, 0.1) is 26.4 Å². The molecule has 0 bridgehead atoms. The zero-order valence-electron chi connectivity index (χ0n) is 69.6. The average Bonchev–Trinajstić information content (AvgIpc) is 0.903. The molecule has 0 aliphatic carbocycles. The van der Waals surface area contributed by atoms with E-state index in [9.17, 15) is 43.2 Å². The van der Waals surface area contributed by atoms with Gasteiger partial charge in [-0.1, -0.05) is 420 Å². The topological polar surface area (TPSA) is 237 Å². The van der Waals surface area contributed by atoms with Crippen molar-refractivity contribution in [1.29, 1.82) is 0 Å². The third-order valence-corrected chi connectivity index (χ3v) is 22.4. The first-order valence-corrected chi connectivity index (χ1v) is 48.1. The van der Waals surface area contributed by atoms with Crippen molar-refractivity contribution in [1.82, 2.24) is 0 Å². The van der Waals surface area contributed by atoms with E-state index in [0.717, 1.165) is 95.8 Å². The first-order valence-electron chi connectivity index (χ1n) is 45.1. The lowest BCUT2D eigenvalue weighted by molar-refractivity contribution is -0.161.